The molecule has 10 heteroatoms. The Hall–Kier alpha value is -2.64. The van der Waals surface area contributed by atoms with Gasteiger partial charge in [-0.25, -0.2) is 0 Å². The molecule has 1 aliphatic heterocycles. The summed E-state index contributed by atoms with van der Waals surface area (Å²) in [4.78, 5) is 45.9. The van der Waals surface area contributed by atoms with Crippen molar-refractivity contribution < 1.29 is 48.0 Å². The van der Waals surface area contributed by atoms with Gasteiger partial charge < -0.3 is 28.8 Å². The predicted molar refractivity (Wildman–Crippen MR) is 86.6 cm³/mol. The molecule has 0 aromatic carbocycles. The number of ether oxygens (including phenoxy) is 5. The van der Waals surface area contributed by atoms with Gasteiger partial charge in [0.05, 0.1) is 0 Å². The number of carbonyl (C=O) groups is 4. The Kier molecular flexibility index (Phi) is 7.75. The number of aliphatic hydroxyl groups is 1. The highest BCUT2D eigenvalue weighted by molar-refractivity contribution is 5.69. The highest BCUT2D eigenvalue weighted by Crippen LogP contribution is 2.36. The molecular formula is C17H22O10. The van der Waals surface area contributed by atoms with Crippen molar-refractivity contribution in [3.8, 4) is 11.8 Å². The maximum atomic E-state index is 11.6. The third-order valence-corrected chi connectivity index (χ3v) is 3.44. The predicted octanol–water partition coefficient (Wildman–Crippen LogP) is -0.545. The molecule has 5 atom stereocenters. The van der Waals surface area contributed by atoms with Gasteiger partial charge in [0.2, 0.25) is 6.29 Å². The van der Waals surface area contributed by atoms with Crippen molar-refractivity contribution in [2.45, 2.75) is 64.8 Å². The van der Waals surface area contributed by atoms with Gasteiger partial charge in [0.1, 0.15) is 12.7 Å². The second-order valence-electron chi connectivity index (χ2n) is 5.70. The lowest BCUT2D eigenvalue weighted by molar-refractivity contribution is -0.317. The number of hydrogen-bond acceptors (Lipinski definition) is 10. The minimum atomic E-state index is -2.15. The van der Waals surface area contributed by atoms with Gasteiger partial charge >= 0.3 is 23.9 Å². The number of aliphatic hydroxyl groups excluding tert-OH is 1. The van der Waals surface area contributed by atoms with Crippen LogP contribution >= 0.6 is 0 Å². The Bertz CT molecular complexity index is 660. The largest absolute Gasteiger partial charge is 0.463 e. The van der Waals surface area contributed by atoms with Crippen molar-refractivity contribution in [2.75, 3.05) is 6.61 Å². The van der Waals surface area contributed by atoms with Gasteiger partial charge in [0.25, 0.3) is 5.60 Å². The molecule has 0 aliphatic carbocycles. The van der Waals surface area contributed by atoms with Gasteiger partial charge in [-0.15, -0.1) is 5.92 Å². The van der Waals surface area contributed by atoms with E-state index < -0.39 is 60.7 Å². The first-order valence-electron chi connectivity index (χ1n) is 7.98. The Morgan fingerprint density at radius 3 is 2.04 bits per heavy atom. The average molecular weight is 386 g/mol. The fourth-order valence-corrected chi connectivity index (χ4v) is 2.62. The molecule has 0 aromatic heterocycles. The van der Waals surface area contributed by atoms with Crippen LogP contribution in [0.4, 0.5) is 0 Å². The van der Waals surface area contributed by atoms with Gasteiger partial charge in [-0.1, -0.05) is 0 Å². The van der Waals surface area contributed by atoms with E-state index in [1.54, 1.807) is 0 Å². The molecule has 1 saturated heterocycles. The fourth-order valence-electron chi connectivity index (χ4n) is 2.62. The summed E-state index contributed by atoms with van der Waals surface area (Å²) in [5.74, 6) is 1.87. The molecule has 1 N–H and O–H groups in total. The first-order chi connectivity index (χ1) is 12.5. The van der Waals surface area contributed by atoms with Crippen LogP contribution in [0.3, 0.4) is 0 Å². The molecule has 1 aliphatic rings. The van der Waals surface area contributed by atoms with Crippen molar-refractivity contribution >= 4 is 23.9 Å². The molecule has 0 unspecified atom stereocenters. The van der Waals surface area contributed by atoms with Crippen molar-refractivity contribution in [1.29, 1.82) is 0 Å². The maximum absolute atomic E-state index is 11.6. The standard InChI is InChI=1S/C17H22O10/c1-6-7-17(27-12(5)21)15(25-11(4)20)14(24-10(3)19)13(26-16(17)22)8-23-9(2)18/h13-16,22H,8H2,1-5H3/t13-,14-,15+,16+,17+/m1/s1. The van der Waals surface area contributed by atoms with Crippen LogP contribution in [-0.4, -0.2) is 65.8 Å². The Morgan fingerprint density at radius 2 is 1.59 bits per heavy atom. The SMILES string of the molecule is CC#C[C@@]1(OC(C)=O)[C@@H](O)O[C@H](COC(C)=O)[C@@H](OC(C)=O)[C@@H]1OC(C)=O. The van der Waals surface area contributed by atoms with Crippen LogP contribution in [0.5, 0.6) is 0 Å². The fraction of sp³-hybridized carbons (Fsp3) is 0.647. The lowest BCUT2D eigenvalue weighted by Gasteiger charge is -2.47. The molecule has 0 amide bonds. The lowest BCUT2D eigenvalue weighted by atomic mass is 9.86. The first-order valence-corrected chi connectivity index (χ1v) is 7.98. The van der Waals surface area contributed by atoms with E-state index in [1.165, 1.54) is 6.92 Å². The molecule has 0 radical (unpaired) electrons. The minimum absolute atomic E-state index is 0.419. The first kappa shape index (κ1) is 22.4. The second kappa shape index (κ2) is 9.34. The third kappa shape index (κ3) is 5.67. The molecule has 150 valence electrons. The monoisotopic (exact) mass is 386 g/mol. The summed E-state index contributed by atoms with van der Waals surface area (Å²) in [6.07, 6.45) is -6.01. The summed E-state index contributed by atoms with van der Waals surface area (Å²) >= 11 is 0. The van der Waals surface area contributed by atoms with E-state index in [0.717, 1.165) is 27.7 Å². The van der Waals surface area contributed by atoms with E-state index in [-0.39, 0.29) is 0 Å². The quantitative estimate of drug-likeness (QED) is 0.373. The third-order valence-electron chi connectivity index (χ3n) is 3.44. The highest BCUT2D eigenvalue weighted by atomic mass is 16.7. The Balaban J connectivity index is 3.47. The average Bonchev–Trinajstić information content (AvgIpc) is 2.51. The molecule has 0 aromatic rings. The molecule has 1 rings (SSSR count). The molecular weight excluding hydrogens is 364 g/mol. The van der Waals surface area contributed by atoms with Gasteiger partial charge in [0.15, 0.2) is 12.2 Å². The van der Waals surface area contributed by atoms with Gasteiger partial charge in [-0.2, -0.15) is 0 Å². The highest BCUT2D eigenvalue weighted by Gasteiger charge is 2.62. The number of carbonyl (C=O) groups excluding carboxylic acids is 4. The normalized spacial score (nSPS) is 29.6. The minimum Gasteiger partial charge on any atom is -0.463 e. The van der Waals surface area contributed by atoms with Gasteiger partial charge in [0, 0.05) is 27.7 Å². The molecule has 0 bridgehead atoms. The summed E-state index contributed by atoms with van der Waals surface area (Å²) < 4.78 is 25.8. The molecule has 1 fully saturated rings. The van der Waals surface area contributed by atoms with Crippen molar-refractivity contribution in [2.24, 2.45) is 0 Å². The molecule has 1 heterocycles. The number of esters is 4. The van der Waals surface area contributed by atoms with Crippen LogP contribution < -0.4 is 0 Å². The summed E-state index contributed by atoms with van der Waals surface area (Å²) in [7, 11) is 0. The van der Waals surface area contributed by atoms with Crippen molar-refractivity contribution in [1.82, 2.24) is 0 Å². The van der Waals surface area contributed by atoms with Crippen LogP contribution in [0, 0.1) is 11.8 Å². The van der Waals surface area contributed by atoms with Crippen LogP contribution in [0.25, 0.3) is 0 Å². The van der Waals surface area contributed by atoms with E-state index >= 15 is 0 Å². The summed E-state index contributed by atoms with van der Waals surface area (Å²) in [5, 5.41) is 10.5. The topological polar surface area (TPSA) is 135 Å². The molecule has 27 heavy (non-hydrogen) atoms. The van der Waals surface area contributed by atoms with Crippen LogP contribution in [0.1, 0.15) is 34.6 Å². The molecule has 0 saturated carbocycles. The van der Waals surface area contributed by atoms with Crippen molar-refractivity contribution in [3.63, 3.8) is 0 Å². The van der Waals surface area contributed by atoms with Gasteiger partial charge in [-0.05, 0) is 12.8 Å². The molecule has 0 spiro atoms. The van der Waals surface area contributed by atoms with E-state index in [1.807, 2.05) is 0 Å². The Labute approximate surface area is 156 Å². The lowest BCUT2D eigenvalue weighted by Crippen LogP contribution is -2.69. The van der Waals surface area contributed by atoms with Crippen LogP contribution in [0.2, 0.25) is 0 Å². The van der Waals surface area contributed by atoms with E-state index in [4.69, 9.17) is 23.7 Å². The van der Waals surface area contributed by atoms with E-state index in [0.29, 0.717) is 0 Å². The summed E-state index contributed by atoms with van der Waals surface area (Å²) in [6, 6.07) is 0. The van der Waals surface area contributed by atoms with E-state index in [2.05, 4.69) is 11.8 Å². The second-order valence-corrected chi connectivity index (χ2v) is 5.70. The van der Waals surface area contributed by atoms with Crippen molar-refractivity contribution in [3.05, 3.63) is 0 Å². The van der Waals surface area contributed by atoms with Gasteiger partial charge in [-0.3, -0.25) is 19.2 Å². The van der Waals surface area contributed by atoms with Crippen LogP contribution in [0.15, 0.2) is 0 Å². The van der Waals surface area contributed by atoms with E-state index in [9.17, 15) is 24.3 Å². The number of rotatable bonds is 5. The maximum Gasteiger partial charge on any atom is 0.304 e. The summed E-state index contributed by atoms with van der Waals surface area (Å²) in [6.45, 7) is 5.35. The molecule has 10 nitrogen and oxygen atoms in total. The zero-order valence-corrected chi connectivity index (χ0v) is 15.6. The van der Waals surface area contributed by atoms with Crippen LogP contribution in [-0.2, 0) is 42.9 Å². The zero-order valence-electron chi connectivity index (χ0n) is 15.6. The smallest absolute Gasteiger partial charge is 0.304 e. The summed E-state index contributed by atoms with van der Waals surface area (Å²) in [5.41, 5.74) is -2.15. The Morgan fingerprint density at radius 1 is 1.00 bits per heavy atom. The zero-order chi connectivity index (χ0) is 20.8. The number of hydrogen-bond donors (Lipinski definition) is 1.